The Labute approximate surface area is 114 Å². The summed E-state index contributed by atoms with van der Waals surface area (Å²) in [6.07, 6.45) is 0.662. The first-order valence-electron chi connectivity index (χ1n) is 5.61. The summed E-state index contributed by atoms with van der Waals surface area (Å²) in [4.78, 5) is 0. The Morgan fingerprint density at radius 2 is 1.83 bits per heavy atom. The summed E-state index contributed by atoms with van der Waals surface area (Å²) in [5, 5.41) is 0. The fourth-order valence-electron chi connectivity index (χ4n) is 1.58. The van der Waals surface area contributed by atoms with E-state index in [0.717, 1.165) is 10.0 Å². The van der Waals surface area contributed by atoms with Gasteiger partial charge < -0.3 is 10.5 Å². The van der Waals surface area contributed by atoms with Crippen molar-refractivity contribution in [1.82, 2.24) is 0 Å². The molecule has 0 aromatic heterocycles. The lowest BCUT2D eigenvalue weighted by Gasteiger charge is -2.08. The molecule has 2 aromatic rings. The van der Waals surface area contributed by atoms with Crippen molar-refractivity contribution >= 4 is 15.9 Å². The molecule has 0 aliphatic heterocycles. The summed E-state index contributed by atoms with van der Waals surface area (Å²) in [6.45, 7) is 0.506. The largest absolute Gasteiger partial charge is 0.454 e. The van der Waals surface area contributed by atoms with E-state index in [9.17, 15) is 4.39 Å². The maximum Gasteiger partial charge on any atom is 0.165 e. The lowest BCUT2D eigenvalue weighted by molar-refractivity contribution is 0.441. The first-order valence-corrected chi connectivity index (χ1v) is 6.40. The third-order valence-electron chi connectivity index (χ3n) is 2.47. The van der Waals surface area contributed by atoms with Crippen molar-refractivity contribution in [2.45, 2.75) is 6.42 Å². The molecular weight excluding hydrogens is 297 g/mol. The number of benzene rings is 2. The second-order valence-electron chi connectivity index (χ2n) is 3.86. The Balaban J connectivity index is 2.16. The molecule has 0 amide bonds. The molecule has 0 bridgehead atoms. The molecule has 0 saturated heterocycles. The van der Waals surface area contributed by atoms with E-state index in [1.54, 1.807) is 18.2 Å². The van der Waals surface area contributed by atoms with Crippen molar-refractivity contribution in [3.63, 3.8) is 0 Å². The molecule has 0 radical (unpaired) electrons. The van der Waals surface area contributed by atoms with Crippen LogP contribution in [0.25, 0.3) is 0 Å². The van der Waals surface area contributed by atoms with Gasteiger partial charge in [-0.2, -0.15) is 0 Å². The van der Waals surface area contributed by atoms with Crippen molar-refractivity contribution in [3.05, 3.63) is 58.3 Å². The number of ether oxygens (including phenoxy) is 1. The molecule has 0 atom stereocenters. The maximum atomic E-state index is 13.8. The molecule has 2 N–H and O–H groups in total. The van der Waals surface area contributed by atoms with E-state index in [2.05, 4.69) is 15.9 Å². The van der Waals surface area contributed by atoms with Gasteiger partial charge in [0.2, 0.25) is 0 Å². The highest BCUT2D eigenvalue weighted by Gasteiger charge is 2.05. The summed E-state index contributed by atoms with van der Waals surface area (Å²) in [5.41, 5.74) is 6.30. The van der Waals surface area contributed by atoms with E-state index in [1.807, 2.05) is 18.2 Å². The molecular formula is C14H13BrFNO. The van der Waals surface area contributed by atoms with E-state index in [1.165, 1.54) is 6.07 Å². The fourth-order valence-corrected chi connectivity index (χ4v) is 1.84. The zero-order valence-corrected chi connectivity index (χ0v) is 11.3. The predicted octanol–water partition coefficient (Wildman–Crippen LogP) is 3.88. The van der Waals surface area contributed by atoms with Gasteiger partial charge in [0.15, 0.2) is 11.6 Å². The molecule has 2 aromatic carbocycles. The number of halogens is 2. The van der Waals surface area contributed by atoms with Crippen LogP contribution in [-0.2, 0) is 6.42 Å². The van der Waals surface area contributed by atoms with Crippen molar-refractivity contribution in [2.24, 2.45) is 5.73 Å². The second-order valence-corrected chi connectivity index (χ2v) is 4.78. The van der Waals surface area contributed by atoms with Crippen LogP contribution in [0.1, 0.15) is 5.56 Å². The van der Waals surface area contributed by atoms with Crippen molar-refractivity contribution in [2.75, 3.05) is 6.54 Å². The number of rotatable bonds is 4. The van der Waals surface area contributed by atoms with Gasteiger partial charge in [-0.15, -0.1) is 0 Å². The van der Waals surface area contributed by atoms with Gasteiger partial charge in [0.25, 0.3) is 0 Å². The van der Waals surface area contributed by atoms with Crippen LogP contribution in [-0.4, -0.2) is 6.54 Å². The Kier molecular flexibility index (Phi) is 4.33. The van der Waals surface area contributed by atoms with Crippen molar-refractivity contribution in [1.29, 1.82) is 0 Å². The first-order chi connectivity index (χ1) is 8.69. The quantitative estimate of drug-likeness (QED) is 0.930. The minimum absolute atomic E-state index is 0.220. The third-order valence-corrected chi connectivity index (χ3v) is 3.00. The highest BCUT2D eigenvalue weighted by Crippen LogP contribution is 2.26. The van der Waals surface area contributed by atoms with Gasteiger partial charge in [0.05, 0.1) is 0 Å². The lowest BCUT2D eigenvalue weighted by Crippen LogP contribution is -2.03. The summed E-state index contributed by atoms with van der Waals surface area (Å²) in [6, 6.07) is 12.1. The molecule has 18 heavy (non-hydrogen) atoms. The average Bonchev–Trinajstić information content (AvgIpc) is 2.36. The molecule has 0 unspecified atom stereocenters. The van der Waals surface area contributed by atoms with Crippen LogP contribution in [0.15, 0.2) is 46.9 Å². The molecule has 0 fully saturated rings. The van der Waals surface area contributed by atoms with Gasteiger partial charge in [0.1, 0.15) is 5.75 Å². The van der Waals surface area contributed by atoms with Crippen LogP contribution in [0.3, 0.4) is 0 Å². The summed E-state index contributed by atoms with van der Waals surface area (Å²) in [5.74, 6) is 0.450. The minimum Gasteiger partial charge on any atom is -0.454 e. The normalized spacial score (nSPS) is 10.4. The number of hydrogen-bond donors (Lipinski definition) is 1. The molecule has 0 aliphatic rings. The molecule has 0 saturated carbocycles. The molecule has 94 valence electrons. The molecule has 0 heterocycles. The summed E-state index contributed by atoms with van der Waals surface area (Å²) in [7, 11) is 0. The predicted molar refractivity (Wildman–Crippen MR) is 73.4 cm³/mol. The van der Waals surface area contributed by atoms with Gasteiger partial charge in [-0.25, -0.2) is 4.39 Å². The fraction of sp³-hybridized carbons (Fsp3) is 0.143. The SMILES string of the molecule is NCCc1ccc(Oc2ccc(Br)cc2)c(F)c1. The summed E-state index contributed by atoms with van der Waals surface area (Å²) < 4.78 is 20.2. The Morgan fingerprint density at radius 3 is 2.44 bits per heavy atom. The zero-order valence-electron chi connectivity index (χ0n) is 9.70. The molecule has 0 aliphatic carbocycles. The number of hydrogen-bond acceptors (Lipinski definition) is 2. The highest BCUT2D eigenvalue weighted by atomic mass is 79.9. The Morgan fingerprint density at radius 1 is 1.11 bits per heavy atom. The van der Waals surface area contributed by atoms with E-state index in [4.69, 9.17) is 10.5 Å². The van der Waals surface area contributed by atoms with Crippen molar-refractivity contribution in [3.8, 4) is 11.5 Å². The molecule has 2 rings (SSSR count). The molecule has 2 nitrogen and oxygen atoms in total. The van der Waals surface area contributed by atoms with E-state index in [-0.39, 0.29) is 11.6 Å². The van der Waals surface area contributed by atoms with Crippen molar-refractivity contribution < 1.29 is 9.13 Å². The zero-order chi connectivity index (χ0) is 13.0. The number of nitrogens with two attached hydrogens (primary N) is 1. The highest BCUT2D eigenvalue weighted by molar-refractivity contribution is 9.10. The van der Waals surface area contributed by atoms with Crippen LogP contribution in [0, 0.1) is 5.82 Å². The van der Waals surface area contributed by atoms with Gasteiger partial charge in [-0.05, 0) is 54.9 Å². The standard InChI is InChI=1S/C14H13BrFNO/c15-11-2-4-12(5-3-11)18-14-6-1-10(7-8-17)9-13(14)16/h1-6,9H,7-8,17H2. The minimum atomic E-state index is -0.371. The topological polar surface area (TPSA) is 35.2 Å². The maximum absolute atomic E-state index is 13.8. The van der Waals surface area contributed by atoms with E-state index >= 15 is 0 Å². The second kappa shape index (κ2) is 5.98. The van der Waals surface area contributed by atoms with Crippen LogP contribution >= 0.6 is 15.9 Å². The van der Waals surface area contributed by atoms with E-state index in [0.29, 0.717) is 18.7 Å². The van der Waals surface area contributed by atoms with E-state index < -0.39 is 0 Å². The smallest absolute Gasteiger partial charge is 0.165 e. The van der Waals surface area contributed by atoms with Crippen LogP contribution < -0.4 is 10.5 Å². The van der Waals surface area contributed by atoms with Gasteiger partial charge >= 0.3 is 0 Å². The summed E-state index contributed by atoms with van der Waals surface area (Å²) >= 11 is 3.33. The first kappa shape index (κ1) is 13.1. The monoisotopic (exact) mass is 309 g/mol. The van der Waals surface area contributed by atoms with Gasteiger partial charge in [-0.1, -0.05) is 22.0 Å². The average molecular weight is 310 g/mol. The van der Waals surface area contributed by atoms with Gasteiger partial charge in [-0.3, -0.25) is 0 Å². The Hall–Kier alpha value is -1.39. The third kappa shape index (κ3) is 3.31. The molecule has 0 spiro atoms. The van der Waals surface area contributed by atoms with Crippen LogP contribution in [0.5, 0.6) is 11.5 Å². The van der Waals surface area contributed by atoms with Crippen LogP contribution in [0.2, 0.25) is 0 Å². The van der Waals surface area contributed by atoms with Gasteiger partial charge in [0, 0.05) is 4.47 Å². The van der Waals surface area contributed by atoms with Crippen LogP contribution in [0.4, 0.5) is 4.39 Å². The molecule has 4 heteroatoms. The lowest BCUT2D eigenvalue weighted by atomic mass is 10.1. The Bertz CT molecular complexity index is 528.